The molecule has 0 bridgehead atoms. The van der Waals surface area contributed by atoms with Crippen molar-refractivity contribution in [3.05, 3.63) is 29.3 Å². The van der Waals surface area contributed by atoms with Crippen LogP contribution >= 0.6 is 11.8 Å². The molecule has 1 aromatic rings. The van der Waals surface area contributed by atoms with Gasteiger partial charge in [0.25, 0.3) is 5.91 Å². The van der Waals surface area contributed by atoms with Gasteiger partial charge in [-0.25, -0.2) is 0 Å². The van der Waals surface area contributed by atoms with Crippen LogP contribution in [-0.4, -0.2) is 41.3 Å². The van der Waals surface area contributed by atoms with Crippen molar-refractivity contribution in [2.75, 3.05) is 29.9 Å². The number of thioether (sulfide) groups is 1. The molecule has 0 atom stereocenters. The molecule has 4 nitrogen and oxygen atoms in total. The molecule has 1 saturated heterocycles. The Kier molecular flexibility index (Phi) is 5.95. The summed E-state index contributed by atoms with van der Waals surface area (Å²) in [5, 5.41) is 2.92. The first-order valence-electron chi connectivity index (χ1n) is 8.08. The Hall–Kier alpha value is -1.93. The molecule has 0 radical (unpaired) electrons. The molecule has 128 valence electrons. The van der Waals surface area contributed by atoms with Crippen LogP contribution in [0.4, 0.5) is 5.69 Å². The number of nitrogens with zero attached hydrogens (tertiary/aromatic N) is 1. The fourth-order valence-corrected chi connectivity index (χ4v) is 3.42. The molecule has 5 heteroatoms. The summed E-state index contributed by atoms with van der Waals surface area (Å²) in [6.07, 6.45) is 5.70. The maximum atomic E-state index is 12.5. The maximum Gasteiger partial charge on any atom is 0.253 e. The van der Waals surface area contributed by atoms with Crippen molar-refractivity contribution in [3.8, 4) is 12.3 Å². The van der Waals surface area contributed by atoms with Gasteiger partial charge in [0.05, 0.1) is 5.41 Å². The molecule has 1 heterocycles. The second-order valence-corrected chi connectivity index (χ2v) is 7.88. The van der Waals surface area contributed by atoms with Crippen molar-refractivity contribution in [2.24, 2.45) is 5.41 Å². The maximum absolute atomic E-state index is 12.5. The van der Waals surface area contributed by atoms with Crippen molar-refractivity contribution >= 4 is 29.3 Å². The highest BCUT2D eigenvalue weighted by molar-refractivity contribution is 7.99. The third-order valence-electron chi connectivity index (χ3n) is 4.18. The van der Waals surface area contributed by atoms with Gasteiger partial charge in [0.2, 0.25) is 5.91 Å². The second-order valence-electron chi connectivity index (χ2n) is 6.65. The topological polar surface area (TPSA) is 49.4 Å². The van der Waals surface area contributed by atoms with Crippen LogP contribution in [0.2, 0.25) is 0 Å². The van der Waals surface area contributed by atoms with Gasteiger partial charge in [0, 0.05) is 42.3 Å². The standard InChI is InChI=1S/C19H24N2O2S/c1-5-8-19(3,4)18(23)20-16-7-6-15(13-14(16)2)17(22)21-9-11-24-12-10-21/h1,6-7,13H,8-12H2,2-4H3,(H,20,23). The van der Waals surface area contributed by atoms with Gasteiger partial charge in [-0.3, -0.25) is 9.59 Å². The molecule has 0 saturated carbocycles. The summed E-state index contributed by atoms with van der Waals surface area (Å²) in [4.78, 5) is 26.8. The van der Waals surface area contributed by atoms with Gasteiger partial charge in [-0.05, 0) is 30.7 Å². The molecular formula is C19H24N2O2S. The summed E-state index contributed by atoms with van der Waals surface area (Å²) in [7, 11) is 0. The zero-order valence-electron chi connectivity index (χ0n) is 14.5. The van der Waals surface area contributed by atoms with Gasteiger partial charge in [0.1, 0.15) is 0 Å². The number of rotatable bonds is 4. The minimum absolute atomic E-state index is 0.0592. The van der Waals surface area contributed by atoms with E-state index in [2.05, 4.69) is 11.2 Å². The number of aryl methyl sites for hydroxylation is 1. The van der Waals surface area contributed by atoms with Gasteiger partial charge in [-0.2, -0.15) is 11.8 Å². The Morgan fingerprint density at radius 1 is 1.33 bits per heavy atom. The number of terminal acetylenes is 1. The Labute approximate surface area is 148 Å². The Bertz CT molecular complexity index is 670. The highest BCUT2D eigenvalue weighted by Gasteiger charge is 2.27. The minimum Gasteiger partial charge on any atom is -0.337 e. The first-order chi connectivity index (χ1) is 11.3. The number of carbonyl (C=O) groups excluding carboxylic acids is 2. The SMILES string of the molecule is C#CCC(C)(C)C(=O)Nc1ccc(C(=O)N2CCSCC2)cc1C. The molecule has 1 aliphatic heterocycles. The quantitative estimate of drug-likeness (QED) is 0.854. The summed E-state index contributed by atoms with van der Waals surface area (Å²) in [6.45, 7) is 7.13. The van der Waals surface area contributed by atoms with E-state index in [1.807, 2.05) is 43.5 Å². The van der Waals surface area contributed by atoms with Crippen LogP contribution in [0.3, 0.4) is 0 Å². The van der Waals surface area contributed by atoms with Crippen molar-refractivity contribution < 1.29 is 9.59 Å². The smallest absolute Gasteiger partial charge is 0.253 e. The van der Waals surface area contributed by atoms with Crippen molar-refractivity contribution in [3.63, 3.8) is 0 Å². The molecule has 1 N–H and O–H groups in total. The number of amides is 2. The van der Waals surface area contributed by atoms with Gasteiger partial charge >= 0.3 is 0 Å². The minimum atomic E-state index is -0.624. The van der Waals surface area contributed by atoms with E-state index < -0.39 is 5.41 Å². The molecule has 2 amide bonds. The van der Waals surface area contributed by atoms with Crippen molar-refractivity contribution in [1.29, 1.82) is 0 Å². The van der Waals surface area contributed by atoms with Gasteiger partial charge in [-0.15, -0.1) is 12.3 Å². The van der Waals surface area contributed by atoms with E-state index in [0.717, 1.165) is 35.8 Å². The lowest BCUT2D eigenvalue weighted by Gasteiger charge is -2.27. The van der Waals surface area contributed by atoms with Crippen LogP contribution in [-0.2, 0) is 4.79 Å². The third-order valence-corrected chi connectivity index (χ3v) is 5.12. The summed E-state index contributed by atoms with van der Waals surface area (Å²) in [6, 6.07) is 5.42. The molecule has 1 aliphatic rings. The second kappa shape index (κ2) is 7.76. The number of nitrogens with one attached hydrogen (secondary N) is 1. The van der Waals surface area contributed by atoms with Gasteiger partial charge in [-0.1, -0.05) is 13.8 Å². The lowest BCUT2D eigenvalue weighted by Crippen LogP contribution is -2.37. The van der Waals surface area contributed by atoms with E-state index in [-0.39, 0.29) is 11.8 Å². The molecule has 24 heavy (non-hydrogen) atoms. The number of benzene rings is 1. The van der Waals surface area contributed by atoms with E-state index in [9.17, 15) is 9.59 Å². The zero-order chi connectivity index (χ0) is 17.7. The predicted molar refractivity (Wildman–Crippen MR) is 100 cm³/mol. The zero-order valence-corrected chi connectivity index (χ0v) is 15.3. The fraction of sp³-hybridized carbons (Fsp3) is 0.474. The molecule has 1 aromatic carbocycles. The van der Waals surface area contributed by atoms with E-state index in [0.29, 0.717) is 12.0 Å². The van der Waals surface area contributed by atoms with E-state index >= 15 is 0 Å². The molecule has 0 aliphatic carbocycles. The normalized spacial score (nSPS) is 14.8. The lowest BCUT2D eigenvalue weighted by molar-refractivity contribution is -0.123. The van der Waals surface area contributed by atoms with Crippen molar-refractivity contribution in [1.82, 2.24) is 4.90 Å². The van der Waals surface area contributed by atoms with Crippen LogP contribution in [0.15, 0.2) is 18.2 Å². The largest absolute Gasteiger partial charge is 0.337 e. The lowest BCUT2D eigenvalue weighted by atomic mass is 9.88. The Morgan fingerprint density at radius 2 is 2.00 bits per heavy atom. The van der Waals surface area contributed by atoms with E-state index in [1.54, 1.807) is 12.1 Å². The number of hydrogen-bond donors (Lipinski definition) is 1. The Balaban J connectivity index is 2.11. The van der Waals surface area contributed by atoms with Crippen LogP contribution in [0, 0.1) is 24.7 Å². The number of anilines is 1. The molecule has 0 aromatic heterocycles. The predicted octanol–water partition coefficient (Wildman–Crippen LogP) is 3.17. The van der Waals surface area contributed by atoms with E-state index in [4.69, 9.17) is 6.42 Å². The number of hydrogen-bond acceptors (Lipinski definition) is 3. The molecular weight excluding hydrogens is 320 g/mol. The van der Waals surface area contributed by atoms with E-state index in [1.165, 1.54) is 0 Å². The van der Waals surface area contributed by atoms with Crippen LogP contribution in [0.1, 0.15) is 36.2 Å². The molecule has 2 rings (SSSR count). The van der Waals surface area contributed by atoms with Crippen LogP contribution < -0.4 is 5.32 Å². The number of carbonyl (C=O) groups is 2. The highest BCUT2D eigenvalue weighted by atomic mass is 32.2. The molecule has 0 spiro atoms. The van der Waals surface area contributed by atoms with Gasteiger partial charge < -0.3 is 10.2 Å². The molecule has 1 fully saturated rings. The summed E-state index contributed by atoms with van der Waals surface area (Å²) in [5.41, 5.74) is 1.63. The first kappa shape index (κ1) is 18.4. The Morgan fingerprint density at radius 3 is 2.58 bits per heavy atom. The first-order valence-corrected chi connectivity index (χ1v) is 9.23. The van der Waals surface area contributed by atoms with Crippen LogP contribution in [0.25, 0.3) is 0 Å². The van der Waals surface area contributed by atoms with Gasteiger partial charge in [0.15, 0.2) is 0 Å². The summed E-state index contributed by atoms with van der Waals surface area (Å²) < 4.78 is 0. The monoisotopic (exact) mass is 344 g/mol. The van der Waals surface area contributed by atoms with Crippen LogP contribution in [0.5, 0.6) is 0 Å². The third kappa shape index (κ3) is 4.33. The summed E-state index contributed by atoms with van der Waals surface area (Å²) >= 11 is 1.87. The highest BCUT2D eigenvalue weighted by Crippen LogP contribution is 2.25. The molecule has 0 unspecified atom stereocenters. The average Bonchev–Trinajstić information content (AvgIpc) is 2.56. The van der Waals surface area contributed by atoms with Crippen molar-refractivity contribution in [2.45, 2.75) is 27.2 Å². The fourth-order valence-electron chi connectivity index (χ4n) is 2.51. The average molecular weight is 344 g/mol. The summed E-state index contributed by atoms with van der Waals surface area (Å²) in [5.74, 6) is 4.46.